The van der Waals surface area contributed by atoms with Crippen molar-refractivity contribution in [2.24, 2.45) is 0 Å². The molecule has 9 heteroatoms. The van der Waals surface area contributed by atoms with E-state index in [1.54, 1.807) is 90.3 Å². The van der Waals surface area contributed by atoms with Crippen LogP contribution in [-0.4, -0.2) is 53.4 Å². The summed E-state index contributed by atoms with van der Waals surface area (Å²) in [6.45, 7) is 8.74. The Labute approximate surface area is 224 Å². The number of benzene rings is 2. The second kappa shape index (κ2) is 13.1. The van der Waals surface area contributed by atoms with Crippen LogP contribution in [0.15, 0.2) is 48.5 Å². The monoisotopic (exact) mass is 525 g/mol. The van der Waals surface area contributed by atoms with Gasteiger partial charge in [-0.3, -0.25) is 9.59 Å². The van der Waals surface area contributed by atoms with Gasteiger partial charge in [-0.25, -0.2) is 4.79 Å². The van der Waals surface area contributed by atoms with Gasteiger partial charge >= 0.3 is 6.09 Å². The number of carbonyl (C=O) groups excluding carboxylic acids is 3. The van der Waals surface area contributed by atoms with Gasteiger partial charge in [-0.2, -0.15) is 12.6 Å². The Kier molecular flexibility index (Phi) is 10.4. The number of methoxy groups -OCH3 is 1. The zero-order valence-corrected chi connectivity index (χ0v) is 23.0. The second-order valence-corrected chi connectivity index (χ2v) is 9.94. The molecule has 2 unspecified atom stereocenters. The summed E-state index contributed by atoms with van der Waals surface area (Å²) in [7, 11) is 1.55. The molecule has 2 rings (SSSR count). The van der Waals surface area contributed by atoms with Gasteiger partial charge in [0.15, 0.2) is 0 Å². The maximum absolute atomic E-state index is 13.8. The van der Waals surface area contributed by atoms with Crippen LogP contribution < -0.4 is 15.4 Å². The number of amides is 3. The van der Waals surface area contributed by atoms with Crippen LogP contribution in [0.25, 0.3) is 0 Å². The van der Waals surface area contributed by atoms with E-state index in [-0.39, 0.29) is 5.75 Å². The Bertz CT molecular complexity index is 1140. The third-order valence-corrected chi connectivity index (χ3v) is 5.64. The van der Waals surface area contributed by atoms with Crippen LogP contribution in [0.5, 0.6) is 5.75 Å². The number of nitrogens with zero attached hydrogens (tertiary/aromatic N) is 1. The molecular weight excluding hydrogens is 490 g/mol. The molecule has 2 N–H and O–H groups in total. The summed E-state index contributed by atoms with van der Waals surface area (Å²) in [5.74, 6) is 2.26. The lowest BCUT2D eigenvalue weighted by Crippen LogP contribution is -2.55. The number of thiol groups is 1. The van der Waals surface area contributed by atoms with Crippen molar-refractivity contribution >= 4 is 36.2 Å². The Hall–Kier alpha value is -3.64. The molecule has 2 aromatic rings. The average Bonchev–Trinajstić information content (AvgIpc) is 2.84. The highest BCUT2D eigenvalue weighted by atomic mass is 32.1. The highest BCUT2D eigenvalue weighted by Gasteiger charge is 2.38. The predicted octanol–water partition coefficient (Wildman–Crippen LogP) is 4.42. The van der Waals surface area contributed by atoms with E-state index in [9.17, 15) is 14.4 Å². The molecule has 0 heterocycles. The molecule has 0 bridgehead atoms. The Morgan fingerprint density at radius 1 is 1.08 bits per heavy atom. The van der Waals surface area contributed by atoms with Gasteiger partial charge in [0.1, 0.15) is 23.4 Å². The molecule has 0 aliphatic carbocycles. The number of anilines is 1. The number of hydrogen-bond acceptors (Lipinski definition) is 6. The molecule has 2 aromatic carbocycles. The van der Waals surface area contributed by atoms with Crippen molar-refractivity contribution in [3.63, 3.8) is 0 Å². The van der Waals surface area contributed by atoms with Crippen LogP contribution in [-0.2, 0) is 14.3 Å². The summed E-state index contributed by atoms with van der Waals surface area (Å²) in [6, 6.07) is 11.2. The topological polar surface area (TPSA) is 97.0 Å². The minimum absolute atomic E-state index is 0.00903. The van der Waals surface area contributed by atoms with Gasteiger partial charge in [-0.05, 0) is 70.5 Å². The van der Waals surface area contributed by atoms with E-state index in [1.165, 1.54) is 4.90 Å². The zero-order chi connectivity index (χ0) is 27.8. The molecule has 198 valence electrons. The molecule has 8 nitrogen and oxygen atoms in total. The molecule has 0 aliphatic rings. The number of carbonyl (C=O) groups is 3. The van der Waals surface area contributed by atoms with Crippen LogP contribution in [0.1, 0.15) is 51.8 Å². The fraction of sp³-hybridized carbons (Fsp3) is 0.393. The number of terminal acetylenes is 1. The first kappa shape index (κ1) is 29.6. The van der Waals surface area contributed by atoms with Gasteiger partial charge < -0.3 is 25.0 Å². The molecule has 0 spiro atoms. The van der Waals surface area contributed by atoms with Gasteiger partial charge in [-0.15, -0.1) is 6.42 Å². The van der Waals surface area contributed by atoms with Crippen molar-refractivity contribution in [1.29, 1.82) is 0 Å². The predicted molar refractivity (Wildman–Crippen MR) is 148 cm³/mol. The lowest BCUT2D eigenvalue weighted by molar-refractivity contribution is -0.142. The van der Waals surface area contributed by atoms with E-state index >= 15 is 0 Å². The Balaban J connectivity index is 2.50. The number of alkyl carbamates (subject to hydrolysis) is 1. The van der Waals surface area contributed by atoms with Crippen molar-refractivity contribution in [3.8, 4) is 18.1 Å². The summed E-state index contributed by atoms with van der Waals surface area (Å²) in [6.07, 6.45) is 4.99. The normalized spacial score (nSPS) is 12.6. The van der Waals surface area contributed by atoms with Crippen molar-refractivity contribution < 1.29 is 23.9 Å². The fourth-order valence-corrected chi connectivity index (χ4v) is 3.91. The molecule has 0 aromatic heterocycles. The standard InChI is InChI=1S/C28H35N3O5S/c1-8-19-11-9-10-12-22(19)24(25(32)29-20-13-15-21(35-7)16-14-20)31(18(2)3)26(33)23(17-37)30-27(34)36-28(4,5)6/h1,9-16,18,23-24,37H,17H2,2-7H3,(H,29,32)(H,30,34). The van der Waals surface area contributed by atoms with Crippen LogP contribution >= 0.6 is 12.6 Å². The molecular formula is C28H35N3O5S. The molecule has 0 aliphatic heterocycles. The average molecular weight is 526 g/mol. The minimum Gasteiger partial charge on any atom is -0.497 e. The van der Waals surface area contributed by atoms with Gasteiger partial charge in [0, 0.05) is 23.0 Å². The Morgan fingerprint density at radius 2 is 1.70 bits per heavy atom. The number of rotatable bonds is 9. The molecule has 0 saturated carbocycles. The van der Waals surface area contributed by atoms with E-state index in [1.807, 2.05) is 0 Å². The van der Waals surface area contributed by atoms with Crippen molar-refractivity contribution in [2.45, 2.75) is 58.3 Å². The van der Waals surface area contributed by atoms with Crippen molar-refractivity contribution in [3.05, 3.63) is 59.7 Å². The van der Waals surface area contributed by atoms with Gasteiger partial charge in [0.05, 0.1) is 7.11 Å². The number of ether oxygens (including phenoxy) is 2. The van der Waals surface area contributed by atoms with E-state index in [4.69, 9.17) is 15.9 Å². The highest BCUT2D eigenvalue weighted by molar-refractivity contribution is 7.80. The summed E-state index contributed by atoms with van der Waals surface area (Å²) in [5, 5.41) is 5.45. The first-order chi connectivity index (χ1) is 17.4. The SMILES string of the molecule is C#Cc1ccccc1C(C(=O)Nc1ccc(OC)cc1)N(C(=O)C(CS)NC(=O)OC(C)(C)C)C(C)C. The smallest absolute Gasteiger partial charge is 0.408 e. The van der Waals surface area contributed by atoms with Crippen LogP contribution in [0, 0.1) is 12.3 Å². The maximum atomic E-state index is 13.8. The number of nitrogens with one attached hydrogen (secondary N) is 2. The summed E-state index contributed by atoms with van der Waals surface area (Å²) in [4.78, 5) is 41.4. The van der Waals surface area contributed by atoms with Gasteiger partial charge in [-0.1, -0.05) is 24.1 Å². The minimum atomic E-state index is -1.09. The summed E-state index contributed by atoms with van der Waals surface area (Å²) >= 11 is 4.29. The second-order valence-electron chi connectivity index (χ2n) is 9.57. The third kappa shape index (κ3) is 8.19. The molecule has 37 heavy (non-hydrogen) atoms. The highest BCUT2D eigenvalue weighted by Crippen LogP contribution is 2.29. The zero-order valence-electron chi connectivity index (χ0n) is 22.1. The quantitative estimate of drug-likeness (QED) is 0.333. The van der Waals surface area contributed by atoms with Crippen LogP contribution in [0.4, 0.5) is 10.5 Å². The number of hydrogen-bond donors (Lipinski definition) is 3. The van der Waals surface area contributed by atoms with E-state index < -0.39 is 41.6 Å². The summed E-state index contributed by atoms with van der Waals surface area (Å²) < 4.78 is 10.5. The largest absolute Gasteiger partial charge is 0.497 e. The third-order valence-electron chi connectivity index (χ3n) is 5.28. The van der Waals surface area contributed by atoms with Crippen molar-refractivity contribution in [1.82, 2.24) is 10.2 Å². The fourth-order valence-electron chi connectivity index (χ4n) is 3.66. The molecule has 0 fully saturated rings. The van der Waals surface area contributed by atoms with Gasteiger partial charge in [0.25, 0.3) is 5.91 Å². The lowest BCUT2D eigenvalue weighted by atomic mass is 9.96. The van der Waals surface area contributed by atoms with E-state index in [2.05, 4.69) is 29.2 Å². The molecule has 3 amide bonds. The van der Waals surface area contributed by atoms with Gasteiger partial charge in [0.2, 0.25) is 5.91 Å². The lowest BCUT2D eigenvalue weighted by Gasteiger charge is -2.37. The van der Waals surface area contributed by atoms with Crippen LogP contribution in [0.2, 0.25) is 0 Å². The summed E-state index contributed by atoms with van der Waals surface area (Å²) in [5.41, 5.74) is 0.716. The maximum Gasteiger partial charge on any atom is 0.408 e. The first-order valence-corrected chi connectivity index (χ1v) is 12.5. The molecule has 0 radical (unpaired) electrons. The first-order valence-electron chi connectivity index (χ1n) is 11.8. The van der Waals surface area contributed by atoms with E-state index in [0.29, 0.717) is 22.6 Å². The molecule has 0 saturated heterocycles. The van der Waals surface area contributed by atoms with Crippen molar-refractivity contribution in [2.75, 3.05) is 18.2 Å². The van der Waals surface area contributed by atoms with E-state index in [0.717, 1.165) is 0 Å². The van der Waals surface area contributed by atoms with Crippen LogP contribution in [0.3, 0.4) is 0 Å². The Morgan fingerprint density at radius 3 is 2.22 bits per heavy atom. The molecule has 2 atom stereocenters.